The number of hydrogen-bond donors (Lipinski definition) is 2. The molecule has 1 aromatic rings. The summed E-state index contributed by atoms with van der Waals surface area (Å²) in [4.78, 5) is 0. The number of aliphatic hydroxyl groups excluding tert-OH is 2. The number of nitriles is 1. The first kappa shape index (κ1) is 8.72. The van der Waals surface area contributed by atoms with Gasteiger partial charge in [-0.25, -0.2) is 0 Å². The molecule has 0 aliphatic carbocycles. The lowest BCUT2D eigenvalue weighted by Crippen LogP contribution is -2.15. The maximum atomic E-state index is 9.32. The fourth-order valence-corrected chi connectivity index (χ4v) is 0.903. The Balaban J connectivity index is 2.80. The van der Waals surface area contributed by atoms with Crippen LogP contribution in [-0.4, -0.2) is 16.3 Å². The number of hydrogen-bond acceptors (Lipinski definition) is 3. The Hall–Kier alpha value is -1.37. The molecule has 0 unspecified atom stereocenters. The van der Waals surface area contributed by atoms with Gasteiger partial charge < -0.3 is 10.2 Å². The van der Waals surface area contributed by atoms with Crippen molar-refractivity contribution in [3.8, 4) is 6.07 Å². The number of rotatable bonds is 2. The van der Waals surface area contributed by atoms with Crippen molar-refractivity contribution in [3.05, 3.63) is 35.9 Å². The Morgan fingerprint density at radius 2 is 1.75 bits per heavy atom. The second-order valence-corrected chi connectivity index (χ2v) is 2.43. The summed E-state index contributed by atoms with van der Waals surface area (Å²) in [6.45, 7) is 0. The molecular weight excluding hydrogens is 154 g/mol. The van der Waals surface area contributed by atoms with Gasteiger partial charge in [-0.15, -0.1) is 0 Å². The van der Waals surface area contributed by atoms with E-state index in [1.165, 1.54) is 0 Å². The molecule has 0 amide bonds. The molecule has 0 saturated carbocycles. The van der Waals surface area contributed by atoms with Crippen molar-refractivity contribution in [2.45, 2.75) is 12.2 Å². The molecule has 0 aliphatic rings. The zero-order chi connectivity index (χ0) is 8.97. The molecule has 0 radical (unpaired) electrons. The predicted octanol–water partition coefficient (Wildman–Crippen LogP) is 0.604. The summed E-state index contributed by atoms with van der Waals surface area (Å²) in [7, 11) is 0. The first-order valence-electron chi connectivity index (χ1n) is 3.56. The van der Waals surface area contributed by atoms with E-state index in [2.05, 4.69) is 0 Å². The molecule has 0 heterocycles. The highest BCUT2D eigenvalue weighted by Gasteiger charge is 2.16. The summed E-state index contributed by atoms with van der Waals surface area (Å²) in [5.41, 5.74) is 0.548. The van der Waals surface area contributed by atoms with Crippen LogP contribution in [0.5, 0.6) is 0 Å². The molecule has 12 heavy (non-hydrogen) atoms. The van der Waals surface area contributed by atoms with E-state index in [9.17, 15) is 5.11 Å². The predicted molar refractivity (Wildman–Crippen MR) is 43.0 cm³/mol. The zero-order valence-corrected chi connectivity index (χ0v) is 6.38. The molecule has 3 nitrogen and oxygen atoms in total. The van der Waals surface area contributed by atoms with Gasteiger partial charge in [-0.05, 0) is 5.56 Å². The van der Waals surface area contributed by atoms with Crippen LogP contribution in [0.15, 0.2) is 30.3 Å². The highest BCUT2D eigenvalue weighted by molar-refractivity contribution is 5.19. The van der Waals surface area contributed by atoms with Gasteiger partial charge in [0.2, 0.25) is 0 Å². The first-order chi connectivity index (χ1) is 5.75. The molecule has 1 rings (SSSR count). The van der Waals surface area contributed by atoms with E-state index in [0.717, 1.165) is 0 Å². The van der Waals surface area contributed by atoms with Crippen molar-refractivity contribution in [2.24, 2.45) is 0 Å². The van der Waals surface area contributed by atoms with Gasteiger partial charge in [-0.1, -0.05) is 30.3 Å². The van der Waals surface area contributed by atoms with Crippen molar-refractivity contribution in [3.63, 3.8) is 0 Å². The summed E-state index contributed by atoms with van der Waals surface area (Å²) in [5.74, 6) is 0. The lowest BCUT2D eigenvalue weighted by Gasteiger charge is -2.10. The number of aliphatic hydroxyl groups is 2. The van der Waals surface area contributed by atoms with Crippen molar-refractivity contribution in [1.29, 1.82) is 5.26 Å². The minimum Gasteiger partial charge on any atom is -0.385 e. The van der Waals surface area contributed by atoms with Crippen molar-refractivity contribution in [1.82, 2.24) is 0 Å². The quantitative estimate of drug-likeness (QED) is 0.627. The summed E-state index contributed by atoms with van der Waals surface area (Å²) < 4.78 is 0. The minimum atomic E-state index is -1.35. The summed E-state index contributed by atoms with van der Waals surface area (Å²) in [5, 5.41) is 26.6. The monoisotopic (exact) mass is 163 g/mol. The van der Waals surface area contributed by atoms with Gasteiger partial charge in [0, 0.05) is 0 Å². The Morgan fingerprint density at radius 3 is 2.25 bits per heavy atom. The molecule has 1 aromatic carbocycles. The van der Waals surface area contributed by atoms with Gasteiger partial charge in [0.05, 0.1) is 6.07 Å². The first-order valence-corrected chi connectivity index (χ1v) is 3.56. The van der Waals surface area contributed by atoms with E-state index in [4.69, 9.17) is 10.4 Å². The van der Waals surface area contributed by atoms with Gasteiger partial charge in [-0.2, -0.15) is 5.26 Å². The van der Waals surface area contributed by atoms with Crippen molar-refractivity contribution in [2.75, 3.05) is 0 Å². The molecule has 2 N–H and O–H groups in total. The normalized spacial score (nSPS) is 14.8. The smallest absolute Gasteiger partial charge is 0.170 e. The van der Waals surface area contributed by atoms with E-state index >= 15 is 0 Å². The van der Waals surface area contributed by atoms with Gasteiger partial charge in [0.15, 0.2) is 6.10 Å². The standard InChI is InChI=1S/C9H9NO2/c10-6-8(11)9(12)7-4-2-1-3-5-7/h1-5,8-9,11-12H/t8-,9+/m1/s1. The van der Waals surface area contributed by atoms with E-state index in [1.807, 2.05) is 0 Å². The Kier molecular flexibility index (Phi) is 2.81. The average Bonchev–Trinajstić information content (AvgIpc) is 2.17. The van der Waals surface area contributed by atoms with Gasteiger partial charge in [-0.3, -0.25) is 0 Å². The maximum Gasteiger partial charge on any atom is 0.170 e. The number of nitrogens with zero attached hydrogens (tertiary/aromatic N) is 1. The molecule has 3 heteroatoms. The lowest BCUT2D eigenvalue weighted by atomic mass is 10.1. The minimum absolute atomic E-state index is 0.548. The molecule has 0 spiro atoms. The zero-order valence-electron chi connectivity index (χ0n) is 6.38. The molecule has 0 aliphatic heterocycles. The molecule has 2 atom stereocenters. The van der Waals surface area contributed by atoms with Crippen LogP contribution in [0.25, 0.3) is 0 Å². The van der Waals surface area contributed by atoms with Crippen LogP contribution in [0.4, 0.5) is 0 Å². The maximum absolute atomic E-state index is 9.32. The molecule has 0 bridgehead atoms. The summed E-state index contributed by atoms with van der Waals surface area (Å²) in [6.07, 6.45) is -2.47. The molecule has 62 valence electrons. The summed E-state index contributed by atoms with van der Waals surface area (Å²) in [6, 6.07) is 10.2. The Labute approximate surface area is 70.5 Å². The highest BCUT2D eigenvalue weighted by Crippen LogP contribution is 2.15. The van der Waals surface area contributed by atoms with Gasteiger partial charge >= 0.3 is 0 Å². The van der Waals surface area contributed by atoms with Crippen LogP contribution in [0.1, 0.15) is 11.7 Å². The van der Waals surface area contributed by atoms with E-state index < -0.39 is 12.2 Å². The fraction of sp³-hybridized carbons (Fsp3) is 0.222. The van der Waals surface area contributed by atoms with E-state index in [-0.39, 0.29) is 0 Å². The van der Waals surface area contributed by atoms with Crippen LogP contribution in [0.3, 0.4) is 0 Å². The second kappa shape index (κ2) is 3.86. The third kappa shape index (κ3) is 1.82. The van der Waals surface area contributed by atoms with Crippen molar-refractivity contribution >= 4 is 0 Å². The second-order valence-electron chi connectivity index (χ2n) is 2.43. The Morgan fingerprint density at radius 1 is 1.17 bits per heavy atom. The molecule has 0 saturated heterocycles. The third-order valence-corrected chi connectivity index (χ3v) is 1.57. The van der Waals surface area contributed by atoms with Crippen LogP contribution in [-0.2, 0) is 0 Å². The van der Waals surface area contributed by atoms with Crippen LogP contribution in [0, 0.1) is 11.3 Å². The molecular formula is C9H9NO2. The van der Waals surface area contributed by atoms with E-state index in [0.29, 0.717) is 5.56 Å². The average molecular weight is 163 g/mol. The lowest BCUT2D eigenvalue weighted by molar-refractivity contribution is 0.0528. The molecule has 0 fully saturated rings. The van der Waals surface area contributed by atoms with Crippen LogP contribution < -0.4 is 0 Å². The van der Waals surface area contributed by atoms with Gasteiger partial charge in [0.1, 0.15) is 6.10 Å². The van der Waals surface area contributed by atoms with Crippen molar-refractivity contribution < 1.29 is 10.2 Å². The highest BCUT2D eigenvalue weighted by atomic mass is 16.3. The topological polar surface area (TPSA) is 64.2 Å². The largest absolute Gasteiger partial charge is 0.385 e. The molecule has 0 aromatic heterocycles. The van der Waals surface area contributed by atoms with Crippen LogP contribution in [0.2, 0.25) is 0 Å². The van der Waals surface area contributed by atoms with Crippen LogP contribution >= 0.6 is 0 Å². The van der Waals surface area contributed by atoms with E-state index in [1.54, 1.807) is 36.4 Å². The Bertz CT molecular complexity index is 278. The van der Waals surface area contributed by atoms with Gasteiger partial charge in [0.25, 0.3) is 0 Å². The third-order valence-electron chi connectivity index (χ3n) is 1.57. The number of benzene rings is 1. The fourth-order valence-electron chi connectivity index (χ4n) is 0.903. The SMILES string of the molecule is N#C[C@@H](O)[C@@H](O)c1ccccc1. The summed E-state index contributed by atoms with van der Waals surface area (Å²) >= 11 is 0.